The number of ether oxygens (including phenoxy) is 4. The lowest BCUT2D eigenvalue weighted by Crippen LogP contribution is -2.47. The molecule has 0 saturated carbocycles. The molecule has 0 atom stereocenters. The summed E-state index contributed by atoms with van der Waals surface area (Å²) in [6, 6.07) is 0. The molecule has 0 aromatic carbocycles. The van der Waals surface area contributed by atoms with Crippen LogP contribution in [-0.2, 0) is 33.9 Å². The Bertz CT molecular complexity index is 615. The van der Waals surface area contributed by atoms with Crippen molar-refractivity contribution in [2.24, 2.45) is 0 Å². The Morgan fingerprint density at radius 3 is 1.66 bits per heavy atom. The van der Waals surface area contributed by atoms with Gasteiger partial charge in [0, 0.05) is 6.54 Å². The summed E-state index contributed by atoms with van der Waals surface area (Å²) in [4.78, 5) is 14.2. The minimum absolute atomic E-state index is 0.0311. The van der Waals surface area contributed by atoms with Crippen molar-refractivity contribution >= 4 is 27.8 Å². The maximum atomic E-state index is 12.5. The average Bonchev–Trinajstić information content (AvgIpc) is 2.72. The van der Waals surface area contributed by atoms with E-state index >= 15 is 0 Å². The first-order valence-electron chi connectivity index (χ1n) is 9.45. The van der Waals surface area contributed by atoms with Gasteiger partial charge >= 0.3 is 0 Å². The van der Waals surface area contributed by atoms with E-state index in [2.05, 4.69) is 0 Å². The molecule has 1 rings (SSSR count). The average molecular weight is 461 g/mol. The van der Waals surface area contributed by atoms with Crippen molar-refractivity contribution in [2.75, 3.05) is 65.2 Å². The van der Waals surface area contributed by atoms with Crippen LogP contribution in [-0.4, -0.2) is 105 Å². The Morgan fingerprint density at radius 1 is 0.862 bits per heavy atom. The maximum absolute atomic E-state index is 12.5. The summed E-state index contributed by atoms with van der Waals surface area (Å²) in [5, 5.41) is 0. The molecule has 1 saturated heterocycles. The molecule has 0 spiro atoms. The van der Waals surface area contributed by atoms with Gasteiger partial charge in [-0.1, -0.05) is 0 Å². The number of rotatable bonds is 15. The zero-order valence-corrected chi connectivity index (χ0v) is 19.1. The van der Waals surface area contributed by atoms with E-state index in [9.17, 15) is 13.2 Å². The molecule has 0 aromatic heterocycles. The number of hydrogen-bond donors (Lipinski definition) is 1. The number of carbonyl (C=O) groups is 1. The van der Waals surface area contributed by atoms with Gasteiger partial charge in [-0.15, -0.1) is 0 Å². The molecule has 1 heterocycles. The molecule has 29 heavy (non-hydrogen) atoms. The predicted octanol–water partition coefficient (Wildman–Crippen LogP) is 0.753. The van der Waals surface area contributed by atoms with Crippen molar-refractivity contribution in [1.29, 1.82) is 0 Å². The lowest BCUT2D eigenvalue weighted by atomic mass is 10.1. The Hall–Kier alpha value is -0.530. The van der Waals surface area contributed by atoms with Gasteiger partial charge in [-0.2, -0.15) is 12.8 Å². The number of amides is 1. The molecule has 1 aliphatic rings. The summed E-state index contributed by atoms with van der Waals surface area (Å²) < 4.78 is 52.2. The van der Waals surface area contributed by atoms with Crippen LogP contribution in [0.25, 0.3) is 0 Å². The van der Waals surface area contributed by atoms with Gasteiger partial charge < -0.3 is 23.8 Å². The highest BCUT2D eigenvalue weighted by Crippen LogP contribution is 2.39. The zero-order chi connectivity index (χ0) is 22.1. The van der Waals surface area contributed by atoms with Crippen molar-refractivity contribution in [2.45, 2.75) is 38.9 Å². The molecule has 1 amide bonds. The predicted molar refractivity (Wildman–Crippen MR) is 107 cm³/mol. The molecule has 0 aliphatic carbocycles. The Morgan fingerprint density at radius 2 is 1.28 bits per heavy atom. The van der Waals surface area contributed by atoms with Crippen molar-refractivity contribution in [3.63, 3.8) is 0 Å². The van der Waals surface area contributed by atoms with Crippen molar-refractivity contribution in [3.05, 3.63) is 0 Å². The number of halogens is 1. The van der Waals surface area contributed by atoms with E-state index in [1.165, 1.54) is 0 Å². The first kappa shape index (κ1) is 26.5. The molecule has 0 bridgehead atoms. The molecule has 10 nitrogen and oxygen atoms in total. The lowest BCUT2D eigenvalue weighted by molar-refractivity contribution is -0.134. The Balaban J connectivity index is 1.98. The third kappa shape index (κ3) is 8.62. The van der Waals surface area contributed by atoms with Gasteiger partial charge in [0.15, 0.2) is 0 Å². The van der Waals surface area contributed by atoms with Crippen LogP contribution in [0.3, 0.4) is 0 Å². The highest BCUT2D eigenvalue weighted by atomic mass is 35.5. The Kier molecular flexibility index (Phi) is 10.7. The third-order valence-corrected chi connectivity index (χ3v) is 5.98. The fraction of sp³-hybridized carbons (Fsp3) is 0.941. The molecule has 0 unspecified atom stereocenters. The molecule has 1 fully saturated rings. The molecule has 1 aliphatic heterocycles. The van der Waals surface area contributed by atoms with E-state index in [-0.39, 0.29) is 19.1 Å². The van der Waals surface area contributed by atoms with Gasteiger partial charge in [-0.05, 0) is 39.5 Å². The van der Waals surface area contributed by atoms with Crippen molar-refractivity contribution in [1.82, 2.24) is 9.32 Å². The van der Waals surface area contributed by atoms with Gasteiger partial charge in [0.25, 0.3) is 10.1 Å². The van der Waals surface area contributed by atoms with Crippen LogP contribution in [0.1, 0.15) is 27.7 Å². The molecule has 12 heteroatoms. The summed E-state index contributed by atoms with van der Waals surface area (Å²) in [5.41, 5.74) is -1.34. The SMILES string of the molecule is CC1(C)C(=O)N(CCOCCOCCOCCOCCS(=O)(=O)O)C(C)(C)N1Cl. The molecule has 1 N–H and O–H groups in total. The smallest absolute Gasteiger partial charge is 0.267 e. The highest BCUT2D eigenvalue weighted by molar-refractivity contribution is 7.85. The number of nitrogens with zero attached hydrogens (tertiary/aromatic N) is 2. The summed E-state index contributed by atoms with van der Waals surface area (Å²) in [6.45, 7) is 10.3. The summed E-state index contributed by atoms with van der Waals surface area (Å²) in [5.74, 6) is -0.460. The number of carbonyl (C=O) groups excluding carboxylic acids is 1. The van der Waals surface area contributed by atoms with E-state index in [1.807, 2.05) is 13.8 Å². The molecule has 0 aromatic rings. The van der Waals surface area contributed by atoms with Crippen molar-refractivity contribution < 1.29 is 36.7 Å². The molecular formula is C17H33ClN2O8S. The summed E-state index contributed by atoms with van der Waals surface area (Å²) >= 11 is 6.32. The van der Waals surface area contributed by atoms with E-state index in [0.29, 0.717) is 46.2 Å². The minimum atomic E-state index is -3.98. The van der Waals surface area contributed by atoms with Crippen LogP contribution >= 0.6 is 11.8 Å². The number of hydrogen-bond acceptors (Lipinski definition) is 8. The molecule has 172 valence electrons. The lowest BCUT2D eigenvalue weighted by Gasteiger charge is -2.35. The fourth-order valence-corrected chi connectivity index (χ4v) is 3.40. The standard InChI is InChI=1S/C17H33ClN2O8S/c1-16(2)15(21)19(17(3,4)20(16)18)5-6-25-7-8-26-9-10-27-11-12-28-13-14-29(22,23)24/h5-14H2,1-4H3,(H,22,23,24). The topological polar surface area (TPSA) is 115 Å². The van der Waals surface area contributed by atoms with Gasteiger partial charge in [-0.25, -0.2) is 0 Å². The quantitative estimate of drug-likeness (QED) is 0.215. The maximum Gasteiger partial charge on any atom is 0.267 e. The second-order valence-electron chi connectivity index (χ2n) is 7.53. The second kappa shape index (κ2) is 11.8. The fourth-order valence-electron chi connectivity index (χ4n) is 2.91. The van der Waals surface area contributed by atoms with Gasteiger partial charge in [0.1, 0.15) is 11.2 Å². The largest absolute Gasteiger partial charge is 0.378 e. The monoisotopic (exact) mass is 460 g/mol. The normalized spacial score (nSPS) is 19.2. The van der Waals surface area contributed by atoms with Crippen LogP contribution in [0.15, 0.2) is 0 Å². The van der Waals surface area contributed by atoms with E-state index in [1.54, 1.807) is 23.2 Å². The van der Waals surface area contributed by atoms with E-state index in [0.717, 1.165) is 0 Å². The van der Waals surface area contributed by atoms with Crippen LogP contribution in [0.2, 0.25) is 0 Å². The summed E-state index contributed by atoms with van der Waals surface area (Å²) in [6.07, 6.45) is 0. The van der Waals surface area contributed by atoms with Crippen LogP contribution < -0.4 is 0 Å². The summed E-state index contributed by atoms with van der Waals surface area (Å²) in [7, 11) is -3.98. The zero-order valence-electron chi connectivity index (χ0n) is 17.6. The second-order valence-corrected chi connectivity index (χ2v) is 9.44. The Labute approximate surface area is 178 Å². The van der Waals surface area contributed by atoms with Crippen LogP contribution in [0, 0.1) is 0 Å². The molecule has 0 radical (unpaired) electrons. The van der Waals surface area contributed by atoms with Crippen LogP contribution in [0.5, 0.6) is 0 Å². The first-order chi connectivity index (χ1) is 13.4. The third-order valence-electron chi connectivity index (χ3n) is 4.46. The minimum Gasteiger partial charge on any atom is -0.378 e. The first-order valence-corrected chi connectivity index (χ1v) is 11.4. The van der Waals surface area contributed by atoms with Crippen LogP contribution in [0.4, 0.5) is 0 Å². The highest BCUT2D eigenvalue weighted by Gasteiger charge is 2.55. The van der Waals surface area contributed by atoms with Gasteiger partial charge in [-0.3, -0.25) is 9.35 Å². The van der Waals surface area contributed by atoms with Gasteiger partial charge in [0.05, 0.1) is 58.6 Å². The molecular weight excluding hydrogens is 428 g/mol. The van der Waals surface area contributed by atoms with E-state index in [4.69, 9.17) is 35.3 Å². The van der Waals surface area contributed by atoms with E-state index < -0.39 is 27.1 Å². The van der Waals surface area contributed by atoms with Crippen molar-refractivity contribution in [3.8, 4) is 0 Å². The van der Waals surface area contributed by atoms with Gasteiger partial charge in [0.2, 0.25) is 5.91 Å².